The zero-order valence-electron chi connectivity index (χ0n) is 8.05. The first-order valence-corrected chi connectivity index (χ1v) is 4.86. The summed E-state index contributed by atoms with van der Waals surface area (Å²) < 4.78 is 1.73. The fraction of sp³-hybridized carbons (Fsp3) is 0. The molecule has 1 aromatic heterocycles. The van der Waals surface area contributed by atoms with Gasteiger partial charge in [0.05, 0.1) is 5.69 Å². The van der Waals surface area contributed by atoms with Crippen LogP contribution in [0.2, 0.25) is 0 Å². The van der Waals surface area contributed by atoms with Gasteiger partial charge >= 0.3 is 0 Å². The Morgan fingerprint density at radius 1 is 0.867 bits per heavy atom. The van der Waals surface area contributed by atoms with E-state index in [0.29, 0.717) is 0 Å². The van der Waals surface area contributed by atoms with E-state index in [0.717, 1.165) is 17.0 Å². The second-order valence-electron chi connectivity index (χ2n) is 3.52. The molecule has 0 fully saturated rings. The van der Waals surface area contributed by atoms with Crippen molar-refractivity contribution in [2.45, 2.75) is 0 Å². The van der Waals surface area contributed by atoms with Gasteiger partial charge in [0, 0.05) is 11.8 Å². The van der Waals surface area contributed by atoms with Crippen molar-refractivity contribution in [1.82, 2.24) is 4.57 Å². The van der Waals surface area contributed by atoms with Gasteiger partial charge < -0.3 is 0 Å². The Hall–Kier alpha value is -2.09. The molecule has 1 aliphatic rings. The number of hydrogen-bond acceptors (Lipinski definition) is 1. The standard InChI is InChI=1S/C13H9NO/c15-13-9-7-11-6-8-12(14(11)13)10-4-2-1-3-5-10/h1-9H. The molecule has 3 rings (SSSR count). The highest BCUT2D eigenvalue weighted by atomic mass is 16.2. The minimum absolute atomic E-state index is 0.0360. The summed E-state index contributed by atoms with van der Waals surface area (Å²) in [5, 5.41) is 0. The minimum Gasteiger partial charge on any atom is -0.277 e. The molecule has 2 heterocycles. The number of carbonyl (C=O) groups excluding carboxylic acids is 1. The molecular formula is C13H9NO. The average molecular weight is 195 g/mol. The molecule has 0 aliphatic carbocycles. The summed E-state index contributed by atoms with van der Waals surface area (Å²) in [5.41, 5.74) is 2.99. The van der Waals surface area contributed by atoms with E-state index < -0.39 is 0 Å². The van der Waals surface area contributed by atoms with E-state index in [9.17, 15) is 4.79 Å². The Morgan fingerprint density at radius 2 is 1.67 bits per heavy atom. The molecule has 72 valence electrons. The minimum atomic E-state index is 0.0360. The Kier molecular flexibility index (Phi) is 1.62. The normalized spacial score (nSPS) is 13.2. The van der Waals surface area contributed by atoms with Crippen molar-refractivity contribution in [2.75, 3.05) is 0 Å². The molecule has 2 nitrogen and oxygen atoms in total. The first kappa shape index (κ1) is 8.24. The molecule has 1 aromatic carbocycles. The van der Waals surface area contributed by atoms with Gasteiger partial charge in [-0.05, 0) is 23.8 Å². The SMILES string of the molecule is O=C1C=Cc2ccc(-c3ccccc3)n21. The van der Waals surface area contributed by atoms with Crippen LogP contribution in [0, 0.1) is 0 Å². The van der Waals surface area contributed by atoms with Crippen LogP contribution in [0.3, 0.4) is 0 Å². The van der Waals surface area contributed by atoms with Gasteiger partial charge in [0.1, 0.15) is 0 Å². The Morgan fingerprint density at radius 3 is 2.47 bits per heavy atom. The molecule has 0 unspecified atom stereocenters. The van der Waals surface area contributed by atoms with Crippen molar-refractivity contribution < 1.29 is 4.79 Å². The number of nitrogens with zero attached hydrogens (tertiary/aromatic N) is 1. The van der Waals surface area contributed by atoms with Gasteiger partial charge in [-0.1, -0.05) is 30.3 Å². The Balaban J connectivity index is 2.21. The van der Waals surface area contributed by atoms with E-state index in [4.69, 9.17) is 0 Å². The van der Waals surface area contributed by atoms with E-state index in [2.05, 4.69) is 0 Å². The van der Waals surface area contributed by atoms with Crippen LogP contribution in [0.25, 0.3) is 17.3 Å². The largest absolute Gasteiger partial charge is 0.277 e. The molecule has 0 N–H and O–H groups in total. The third-order valence-electron chi connectivity index (χ3n) is 2.60. The Bertz CT molecular complexity index is 549. The zero-order valence-corrected chi connectivity index (χ0v) is 8.05. The molecule has 0 saturated heterocycles. The number of benzene rings is 1. The van der Waals surface area contributed by atoms with E-state index in [1.54, 1.807) is 10.6 Å². The number of hydrogen-bond donors (Lipinski definition) is 0. The second kappa shape index (κ2) is 2.95. The number of allylic oxidation sites excluding steroid dienone is 1. The zero-order chi connectivity index (χ0) is 10.3. The van der Waals surface area contributed by atoms with Crippen LogP contribution in [0.1, 0.15) is 10.5 Å². The lowest BCUT2D eigenvalue weighted by molar-refractivity contribution is 0.0976. The predicted octanol–water partition coefficient (Wildman–Crippen LogP) is 2.82. The highest BCUT2D eigenvalue weighted by Crippen LogP contribution is 2.25. The maximum Gasteiger partial charge on any atom is 0.255 e. The number of carbonyl (C=O) groups is 1. The van der Waals surface area contributed by atoms with Crippen molar-refractivity contribution in [1.29, 1.82) is 0 Å². The van der Waals surface area contributed by atoms with Crippen LogP contribution in [0.5, 0.6) is 0 Å². The summed E-state index contributed by atoms with van der Waals surface area (Å²) in [6.45, 7) is 0. The van der Waals surface area contributed by atoms with Crippen LogP contribution < -0.4 is 0 Å². The van der Waals surface area contributed by atoms with E-state index in [-0.39, 0.29) is 5.91 Å². The highest BCUT2D eigenvalue weighted by Gasteiger charge is 2.16. The second-order valence-corrected chi connectivity index (χ2v) is 3.52. The van der Waals surface area contributed by atoms with Crippen LogP contribution in [-0.4, -0.2) is 10.5 Å². The summed E-state index contributed by atoms with van der Waals surface area (Å²) in [6, 6.07) is 13.9. The van der Waals surface area contributed by atoms with Crippen LogP contribution in [0.4, 0.5) is 0 Å². The summed E-state index contributed by atoms with van der Waals surface area (Å²) in [5.74, 6) is 0.0360. The van der Waals surface area contributed by atoms with E-state index in [1.165, 1.54) is 0 Å². The smallest absolute Gasteiger partial charge is 0.255 e. The maximum absolute atomic E-state index is 11.6. The topological polar surface area (TPSA) is 22.0 Å². The van der Waals surface area contributed by atoms with Crippen molar-refractivity contribution in [3.05, 3.63) is 54.2 Å². The third-order valence-corrected chi connectivity index (χ3v) is 2.60. The maximum atomic E-state index is 11.6. The van der Waals surface area contributed by atoms with Gasteiger partial charge in [-0.3, -0.25) is 9.36 Å². The highest BCUT2D eigenvalue weighted by molar-refractivity contribution is 6.02. The van der Waals surface area contributed by atoms with Gasteiger partial charge in [0.2, 0.25) is 0 Å². The van der Waals surface area contributed by atoms with Crippen LogP contribution >= 0.6 is 0 Å². The lowest BCUT2D eigenvalue weighted by atomic mass is 10.1. The quantitative estimate of drug-likeness (QED) is 0.685. The summed E-state index contributed by atoms with van der Waals surface area (Å²) >= 11 is 0. The monoisotopic (exact) mass is 195 g/mol. The predicted molar refractivity (Wildman–Crippen MR) is 59.5 cm³/mol. The van der Waals surface area contributed by atoms with Gasteiger partial charge in [-0.15, -0.1) is 0 Å². The van der Waals surface area contributed by atoms with E-state index >= 15 is 0 Å². The van der Waals surface area contributed by atoms with Crippen molar-refractivity contribution in [2.24, 2.45) is 0 Å². The first-order valence-electron chi connectivity index (χ1n) is 4.86. The molecule has 0 radical (unpaired) electrons. The third kappa shape index (κ3) is 1.15. The lowest BCUT2D eigenvalue weighted by Crippen LogP contribution is -2.05. The van der Waals surface area contributed by atoms with Gasteiger partial charge in [-0.25, -0.2) is 0 Å². The molecule has 2 aromatic rings. The average Bonchev–Trinajstić information content (AvgIpc) is 2.84. The van der Waals surface area contributed by atoms with Crippen molar-refractivity contribution in [3.8, 4) is 11.3 Å². The number of rotatable bonds is 1. The molecule has 0 bridgehead atoms. The number of aromatic nitrogens is 1. The first-order chi connectivity index (χ1) is 7.36. The molecule has 0 spiro atoms. The van der Waals surface area contributed by atoms with Crippen LogP contribution in [0.15, 0.2) is 48.5 Å². The lowest BCUT2D eigenvalue weighted by Gasteiger charge is -2.04. The fourth-order valence-electron chi connectivity index (χ4n) is 1.89. The molecule has 15 heavy (non-hydrogen) atoms. The molecule has 2 heteroatoms. The van der Waals surface area contributed by atoms with Crippen molar-refractivity contribution >= 4 is 12.0 Å². The van der Waals surface area contributed by atoms with Gasteiger partial charge in [0.15, 0.2) is 0 Å². The van der Waals surface area contributed by atoms with E-state index in [1.807, 2.05) is 48.5 Å². The van der Waals surface area contributed by atoms with Crippen LogP contribution in [-0.2, 0) is 0 Å². The molecule has 0 saturated carbocycles. The molecular weight excluding hydrogens is 186 g/mol. The summed E-state index contributed by atoms with van der Waals surface area (Å²) in [6.07, 6.45) is 3.44. The summed E-state index contributed by atoms with van der Waals surface area (Å²) in [7, 11) is 0. The number of fused-ring (bicyclic) bond motifs is 1. The van der Waals surface area contributed by atoms with Crippen molar-refractivity contribution in [3.63, 3.8) is 0 Å². The fourth-order valence-corrected chi connectivity index (χ4v) is 1.89. The van der Waals surface area contributed by atoms with Gasteiger partial charge in [0.25, 0.3) is 5.91 Å². The summed E-state index contributed by atoms with van der Waals surface area (Å²) in [4.78, 5) is 11.6. The Labute approximate surface area is 87.5 Å². The molecule has 1 aliphatic heterocycles. The molecule has 0 amide bonds. The molecule has 0 atom stereocenters. The van der Waals surface area contributed by atoms with Gasteiger partial charge in [-0.2, -0.15) is 0 Å².